The Bertz CT molecular complexity index is 1880. The Morgan fingerprint density at radius 2 is 1.00 bits per heavy atom. The molecular formula is C34H22N2. The van der Waals surface area contributed by atoms with Crippen LogP contribution in [0.2, 0.25) is 0 Å². The van der Waals surface area contributed by atoms with Gasteiger partial charge in [0.15, 0.2) is 0 Å². The third-order valence-corrected chi connectivity index (χ3v) is 6.86. The Kier molecular flexibility index (Phi) is 4.82. The largest absolute Gasteiger partial charge is 0.246 e. The molecule has 0 atom stereocenters. The van der Waals surface area contributed by atoms with Crippen molar-refractivity contribution < 1.29 is 0 Å². The van der Waals surface area contributed by atoms with E-state index < -0.39 is 0 Å². The molecule has 7 rings (SSSR count). The van der Waals surface area contributed by atoms with Crippen molar-refractivity contribution in [3.63, 3.8) is 0 Å². The average molecular weight is 459 g/mol. The van der Waals surface area contributed by atoms with Gasteiger partial charge in [-0.15, -0.1) is 0 Å². The van der Waals surface area contributed by atoms with Crippen LogP contribution in [0.1, 0.15) is 0 Å². The van der Waals surface area contributed by atoms with Crippen molar-refractivity contribution in [1.29, 1.82) is 0 Å². The van der Waals surface area contributed by atoms with E-state index in [4.69, 9.17) is 9.97 Å². The number of pyridine rings is 2. The van der Waals surface area contributed by atoms with Crippen LogP contribution in [0.4, 0.5) is 0 Å². The molecule has 0 amide bonds. The molecule has 2 nitrogen and oxygen atoms in total. The first-order valence-corrected chi connectivity index (χ1v) is 12.2. The summed E-state index contributed by atoms with van der Waals surface area (Å²) in [4.78, 5) is 10.1. The fourth-order valence-electron chi connectivity index (χ4n) is 5.03. The summed E-state index contributed by atoms with van der Waals surface area (Å²) in [5.41, 5.74) is 7.23. The highest BCUT2D eigenvalue weighted by molar-refractivity contribution is 6.10. The van der Waals surface area contributed by atoms with Crippen molar-refractivity contribution >= 4 is 32.4 Å². The number of rotatable bonds is 3. The zero-order valence-corrected chi connectivity index (χ0v) is 19.6. The first-order valence-electron chi connectivity index (χ1n) is 12.2. The molecule has 0 spiro atoms. The molecule has 0 aliphatic carbocycles. The van der Waals surface area contributed by atoms with E-state index >= 15 is 0 Å². The van der Waals surface area contributed by atoms with E-state index in [0.717, 1.165) is 38.9 Å². The van der Waals surface area contributed by atoms with Crippen LogP contribution < -0.4 is 0 Å². The number of fused-ring (bicyclic) bond motifs is 4. The topological polar surface area (TPSA) is 25.8 Å². The maximum atomic E-state index is 5.05. The molecule has 36 heavy (non-hydrogen) atoms. The molecule has 0 aliphatic rings. The lowest BCUT2D eigenvalue weighted by Crippen LogP contribution is -1.93. The second-order valence-corrected chi connectivity index (χ2v) is 9.07. The fourth-order valence-corrected chi connectivity index (χ4v) is 5.03. The molecule has 0 fully saturated rings. The number of benzene rings is 5. The lowest BCUT2D eigenvalue weighted by atomic mass is 9.99. The monoisotopic (exact) mass is 458 g/mol. The highest BCUT2D eigenvalue weighted by Crippen LogP contribution is 2.33. The van der Waals surface area contributed by atoms with Crippen molar-refractivity contribution in [3.05, 3.63) is 133 Å². The van der Waals surface area contributed by atoms with Crippen molar-refractivity contribution in [2.24, 2.45) is 0 Å². The summed E-state index contributed by atoms with van der Waals surface area (Å²) in [6.07, 6.45) is 0. The van der Waals surface area contributed by atoms with Gasteiger partial charge in [0.1, 0.15) is 0 Å². The molecule has 168 valence electrons. The molecule has 2 heteroatoms. The molecule has 0 saturated heterocycles. The van der Waals surface area contributed by atoms with Crippen molar-refractivity contribution in [3.8, 4) is 33.8 Å². The molecule has 0 saturated carbocycles. The van der Waals surface area contributed by atoms with Gasteiger partial charge in [-0.1, -0.05) is 109 Å². The summed E-state index contributed by atoms with van der Waals surface area (Å²) in [5.74, 6) is 0. The standard InChI is InChI=1S/C34H22N2/c1-2-9-26-22-27(21-18-23(26)8-1)24-16-19-25(20-17-24)31-14-7-15-33(35-31)34-30-12-4-3-10-28(30)29-11-5-6-13-32(29)36-34/h1-22H. The molecule has 0 N–H and O–H groups in total. The van der Waals surface area contributed by atoms with Crippen LogP contribution in [-0.4, -0.2) is 9.97 Å². The van der Waals surface area contributed by atoms with Crippen LogP contribution in [0.5, 0.6) is 0 Å². The van der Waals surface area contributed by atoms with Crippen LogP contribution in [0.25, 0.3) is 66.2 Å². The zero-order chi connectivity index (χ0) is 23.9. The van der Waals surface area contributed by atoms with Gasteiger partial charge in [0, 0.05) is 16.3 Å². The minimum Gasteiger partial charge on any atom is -0.246 e. The van der Waals surface area contributed by atoms with E-state index in [1.807, 2.05) is 6.07 Å². The summed E-state index contributed by atoms with van der Waals surface area (Å²) in [7, 11) is 0. The third-order valence-electron chi connectivity index (χ3n) is 6.86. The third kappa shape index (κ3) is 3.52. The van der Waals surface area contributed by atoms with Gasteiger partial charge in [-0.25, -0.2) is 9.97 Å². The molecule has 0 bridgehead atoms. The van der Waals surface area contributed by atoms with Gasteiger partial charge in [-0.05, 0) is 51.6 Å². The predicted molar refractivity (Wildman–Crippen MR) is 151 cm³/mol. The highest BCUT2D eigenvalue weighted by Gasteiger charge is 2.12. The minimum absolute atomic E-state index is 0.882. The van der Waals surface area contributed by atoms with Gasteiger partial charge < -0.3 is 0 Å². The van der Waals surface area contributed by atoms with Crippen LogP contribution in [-0.2, 0) is 0 Å². The Hall–Kier alpha value is -4.82. The number of para-hydroxylation sites is 1. The van der Waals surface area contributed by atoms with Gasteiger partial charge in [-0.3, -0.25) is 0 Å². The van der Waals surface area contributed by atoms with Gasteiger partial charge in [0.2, 0.25) is 0 Å². The number of aromatic nitrogens is 2. The number of nitrogens with zero attached hydrogens (tertiary/aromatic N) is 2. The van der Waals surface area contributed by atoms with E-state index in [2.05, 4.69) is 127 Å². The van der Waals surface area contributed by atoms with Gasteiger partial charge in [-0.2, -0.15) is 0 Å². The molecule has 0 unspecified atom stereocenters. The van der Waals surface area contributed by atoms with Gasteiger partial charge in [0.05, 0.1) is 22.6 Å². The second kappa shape index (κ2) is 8.44. The highest BCUT2D eigenvalue weighted by atomic mass is 14.8. The normalized spacial score (nSPS) is 11.3. The van der Waals surface area contributed by atoms with Crippen LogP contribution in [0, 0.1) is 0 Å². The number of hydrogen-bond donors (Lipinski definition) is 0. The summed E-state index contributed by atoms with van der Waals surface area (Å²) < 4.78 is 0. The van der Waals surface area contributed by atoms with Crippen LogP contribution in [0.3, 0.4) is 0 Å². The van der Waals surface area contributed by atoms with Crippen LogP contribution >= 0.6 is 0 Å². The molecule has 5 aromatic carbocycles. The fraction of sp³-hybridized carbons (Fsp3) is 0. The lowest BCUT2D eigenvalue weighted by Gasteiger charge is -2.11. The molecule has 0 aliphatic heterocycles. The smallest absolute Gasteiger partial charge is 0.0972 e. The van der Waals surface area contributed by atoms with E-state index in [-0.39, 0.29) is 0 Å². The Morgan fingerprint density at radius 1 is 0.361 bits per heavy atom. The maximum Gasteiger partial charge on any atom is 0.0972 e. The maximum absolute atomic E-state index is 5.05. The van der Waals surface area contributed by atoms with E-state index in [9.17, 15) is 0 Å². The molecular weight excluding hydrogens is 436 g/mol. The molecule has 7 aromatic rings. The van der Waals surface area contributed by atoms with E-state index in [1.54, 1.807) is 0 Å². The van der Waals surface area contributed by atoms with Crippen molar-refractivity contribution in [2.45, 2.75) is 0 Å². The van der Waals surface area contributed by atoms with E-state index in [1.165, 1.54) is 27.3 Å². The van der Waals surface area contributed by atoms with Gasteiger partial charge in [0.25, 0.3) is 0 Å². The Morgan fingerprint density at radius 3 is 1.86 bits per heavy atom. The van der Waals surface area contributed by atoms with E-state index in [0.29, 0.717) is 0 Å². The average Bonchev–Trinajstić information content (AvgIpc) is 2.96. The van der Waals surface area contributed by atoms with Crippen LogP contribution in [0.15, 0.2) is 133 Å². The Balaban J connectivity index is 1.29. The first kappa shape index (κ1) is 20.5. The first-order chi connectivity index (χ1) is 17.8. The summed E-state index contributed by atoms with van der Waals surface area (Å²) in [6.45, 7) is 0. The zero-order valence-electron chi connectivity index (χ0n) is 19.6. The lowest BCUT2D eigenvalue weighted by molar-refractivity contribution is 1.29. The summed E-state index contributed by atoms with van der Waals surface area (Å²) in [6, 6.07) is 46.7. The predicted octanol–water partition coefficient (Wildman–Crippen LogP) is 8.94. The second-order valence-electron chi connectivity index (χ2n) is 9.07. The quantitative estimate of drug-likeness (QED) is 0.247. The Labute approximate surface area is 209 Å². The van der Waals surface area contributed by atoms with Crippen molar-refractivity contribution in [1.82, 2.24) is 9.97 Å². The minimum atomic E-state index is 0.882. The SMILES string of the molecule is c1cc(-c2ccc(-c3ccc4ccccc4c3)cc2)nc(-c2nc3ccccc3c3ccccc23)c1. The van der Waals surface area contributed by atoms with Crippen molar-refractivity contribution in [2.75, 3.05) is 0 Å². The number of hydrogen-bond acceptors (Lipinski definition) is 2. The summed E-state index contributed by atoms with van der Waals surface area (Å²) in [5, 5.41) is 5.99. The molecule has 2 aromatic heterocycles. The molecule has 2 heterocycles. The van der Waals surface area contributed by atoms with Gasteiger partial charge >= 0.3 is 0 Å². The molecule has 0 radical (unpaired) electrons. The summed E-state index contributed by atoms with van der Waals surface area (Å²) >= 11 is 0.